The van der Waals surface area contributed by atoms with Crippen molar-refractivity contribution in [3.8, 4) is 0 Å². The summed E-state index contributed by atoms with van der Waals surface area (Å²) in [6.45, 7) is 11.0. The van der Waals surface area contributed by atoms with Gasteiger partial charge in [-0.3, -0.25) is 9.69 Å². The SMILES string of the molecule is CCC(C)C(=O)O[C@H]1[C@H](O)C2[C@@H](CN3C[C@@H](C)CCC3[C@@]2(C)O)C2C[C@]34O[C@@]5(O)C(C[C@@H](O)C3[C@@]21O)[C@]4(C)CC[C@@H]5O. The fourth-order valence-electron chi connectivity index (χ4n) is 11.9. The second-order valence-corrected chi connectivity index (χ2v) is 16.0. The number of esters is 1. The molecule has 10 nitrogen and oxygen atoms in total. The zero-order chi connectivity index (χ0) is 30.4. The summed E-state index contributed by atoms with van der Waals surface area (Å²) in [5.74, 6) is -5.58. The summed E-state index contributed by atoms with van der Waals surface area (Å²) in [6, 6.07) is -0.172. The molecule has 1 spiro atoms. The van der Waals surface area contributed by atoms with E-state index in [0.717, 1.165) is 19.4 Å². The van der Waals surface area contributed by atoms with Crippen molar-refractivity contribution in [3.63, 3.8) is 0 Å². The molecule has 3 saturated heterocycles. The molecule has 0 radical (unpaired) electrons. The Morgan fingerprint density at radius 2 is 1.81 bits per heavy atom. The number of nitrogens with zero attached hydrogens (tertiary/aromatic N) is 1. The van der Waals surface area contributed by atoms with Gasteiger partial charge in [-0.2, -0.15) is 0 Å². The van der Waals surface area contributed by atoms with Gasteiger partial charge in [-0.1, -0.05) is 27.7 Å². The van der Waals surface area contributed by atoms with Crippen LogP contribution in [-0.2, 0) is 14.3 Å². The number of ether oxygens (including phenoxy) is 2. The molecule has 7 rings (SSSR count). The van der Waals surface area contributed by atoms with Crippen LogP contribution < -0.4 is 0 Å². The van der Waals surface area contributed by atoms with Gasteiger partial charge in [-0.05, 0) is 69.6 Å². The molecule has 6 N–H and O–H groups in total. The molecule has 238 valence electrons. The summed E-state index contributed by atoms with van der Waals surface area (Å²) in [5.41, 5.74) is -5.07. The molecular formula is C32H51NO9. The first-order chi connectivity index (χ1) is 19.6. The molecule has 3 heterocycles. The van der Waals surface area contributed by atoms with Gasteiger partial charge in [0.2, 0.25) is 0 Å². The second kappa shape index (κ2) is 9.12. The smallest absolute Gasteiger partial charge is 0.309 e. The van der Waals surface area contributed by atoms with Crippen LogP contribution in [0.4, 0.5) is 0 Å². The van der Waals surface area contributed by atoms with Gasteiger partial charge in [-0.15, -0.1) is 0 Å². The highest BCUT2D eigenvalue weighted by Crippen LogP contribution is 2.77. The largest absolute Gasteiger partial charge is 0.456 e. The molecule has 4 bridgehead atoms. The number of carbonyl (C=O) groups excluding carboxylic acids is 1. The lowest BCUT2D eigenvalue weighted by Crippen LogP contribution is -2.77. The third kappa shape index (κ3) is 3.36. The van der Waals surface area contributed by atoms with E-state index in [1.54, 1.807) is 13.8 Å². The van der Waals surface area contributed by atoms with Gasteiger partial charge in [0.1, 0.15) is 11.7 Å². The molecule has 3 aliphatic heterocycles. The van der Waals surface area contributed by atoms with Crippen LogP contribution in [0.15, 0.2) is 0 Å². The van der Waals surface area contributed by atoms with Crippen molar-refractivity contribution in [1.29, 1.82) is 0 Å². The van der Waals surface area contributed by atoms with Crippen molar-refractivity contribution in [2.45, 2.75) is 133 Å². The lowest BCUT2D eigenvalue weighted by atomic mass is 9.49. The molecule has 7 fully saturated rings. The molecule has 0 amide bonds. The van der Waals surface area contributed by atoms with E-state index in [2.05, 4.69) is 11.8 Å². The monoisotopic (exact) mass is 593 g/mol. The summed E-state index contributed by atoms with van der Waals surface area (Å²) < 4.78 is 12.8. The van der Waals surface area contributed by atoms with E-state index in [1.165, 1.54) is 0 Å². The topological polar surface area (TPSA) is 160 Å². The number of carbonyl (C=O) groups is 1. The third-order valence-corrected chi connectivity index (χ3v) is 14.1. The minimum Gasteiger partial charge on any atom is -0.456 e. The molecule has 6 unspecified atom stereocenters. The van der Waals surface area contributed by atoms with Crippen LogP contribution in [0, 0.1) is 46.8 Å². The van der Waals surface area contributed by atoms with Crippen LogP contribution in [0.25, 0.3) is 0 Å². The molecule has 42 heavy (non-hydrogen) atoms. The van der Waals surface area contributed by atoms with E-state index in [0.29, 0.717) is 31.7 Å². The molecule has 4 aliphatic carbocycles. The van der Waals surface area contributed by atoms with Crippen molar-refractivity contribution in [2.75, 3.05) is 13.1 Å². The van der Waals surface area contributed by atoms with Gasteiger partial charge in [0.05, 0.1) is 29.3 Å². The Balaban J connectivity index is 1.39. The molecular weight excluding hydrogens is 542 g/mol. The summed E-state index contributed by atoms with van der Waals surface area (Å²) in [6.07, 6.45) is -1.47. The van der Waals surface area contributed by atoms with Crippen LogP contribution in [-0.4, -0.2) is 108 Å². The number of aliphatic hydroxyl groups excluding tert-OH is 3. The first-order valence-corrected chi connectivity index (χ1v) is 16.4. The van der Waals surface area contributed by atoms with E-state index in [4.69, 9.17) is 9.47 Å². The Morgan fingerprint density at radius 3 is 2.50 bits per heavy atom. The summed E-state index contributed by atoms with van der Waals surface area (Å²) in [5, 5.41) is 72.3. The Bertz CT molecular complexity index is 1140. The van der Waals surface area contributed by atoms with Gasteiger partial charge in [0.25, 0.3) is 0 Å². The average molecular weight is 594 g/mol. The second-order valence-electron chi connectivity index (χ2n) is 16.0. The van der Waals surface area contributed by atoms with Crippen LogP contribution in [0.5, 0.6) is 0 Å². The molecule has 17 atom stereocenters. The van der Waals surface area contributed by atoms with Crippen molar-refractivity contribution in [2.24, 2.45) is 46.8 Å². The fourth-order valence-corrected chi connectivity index (χ4v) is 11.9. The Kier molecular flexibility index (Phi) is 6.48. The van der Waals surface area contributed by atoms with E-state index < -0.39 is 88.0 Å². The zero-order valence-corrected chi connectivity index (χ0v) is 25.6. The van der Waals surface area contributed by atoms with Gasteiger partial charge in [0.15, 0.2) is 11.9 Å². The summed E-state index contributed by atoms with van der Waals surface area (Å²) in [7, 11) is 0. The van der Waals surface area contributed by atoms with Crippen molar-refractivity contribution in [1.82, 2.24) is 4.90 Å². The highest BCUT2D eigenvalue weighted by Gasteiger charge is 2.86. The maximum atomic E-state index is 13.4. The summed E-state index contributed by atoms with van der Waals surface area (Å²) in [4.78, 5) is 15.7. The lowest BCUT2D eigenvalue weighted by Gasteiger charge is -2.64. The molecule has 4 saturated carbocycles. The number of fused-ring (bicyclic) bond motifs is 5. The first kappa shape index (κ1) is 29.8. The van der Waals surface area contributed by atoms with Crippen molar-refractivity contribution >= 4 is 5.97 Å². The van der Waals surface area contributed by atoms with Gasteiger partial charge >= 0.3 is 5.97 Å². The molecule has 7 aliphatic rings. The van der Waals surface area contributed by atoms with E-state index in [9.17, 15) is 35.4 Å². The fraction of sp³-hybridized carbons (Fsp3) is 0.969. The molecule has 0 aromatic carbocycles. The number of hydrogen-bond donors (Lipinski definition) is 6. The minimum absolute atomic E-state index is 0.116. The van der Waals surface area contributed by atoms with Gasteiger partial charge in [-0.25, -0.2) is 0 Å². The number of aliphatic hydroxyl groups is 6. The molecule has 0 aromatic rings. The summed E-state index contributed by atoms with van der Waals surface area (Å²) >= 11 is 0. The van der Waals surface area contributed by atoms with Crippen LogP contribution in [0.3, 0.4) is 0 Å². The predicted octanol–water partition coefficient (Wildman–Crippen LogP) is 0.783. The third-order valence-electron chi connectivity index (χ3n) is 14.1. The Morgan fingerprint density at radius 1 is 1.10 bits per heavy atom. The molecule has 10 heteroatoms. The lowest BCUT2D eigenvalue weighted by molar-refractivity contribution is -0.299. The van der Waals surface area contributed by atoms with Crippen molar-refractivity contribution < 1.29 is 44.9 Å². The average Bonchev–Trinajstić information content (AvgIpc) is 3.21. The van der Waals surface area contributed by atoms with Crippen LogP contribution in [0.1, 0.15) is 79.6 Å². The van der Waals surface area contributed by atoms with Crippen LogP contribution >= 0.6 is 0 Å². The number of hydrogen-bond acceptors (Lipinski definition) is 10. The maximum Gasteiger partial charge on any atom is 0.309 e. The predicted molar refractivity (Wildman–Crippen MR) is 149 cm³/mol. The minimum atomic E-state index is -1.87. The Labute approximate surface area is 248 Å². The van der Waals surface area contributed by atoms with Gasteiger partial charge in [0, 0.05) is 42.3 Å². The zero-order valence-electron chi connectivity index (χ0n) is 25.6. The van der Waals surface area contributed by atoms with E-state index in [1.807, 2.05) is 13.8 Å². The van der Waals surface area contributed by atoms with Gasteiger partial charge < -0.3 is 40.1 Å². The molecule has 0 aromatic heterocycles. The standard InChI is InChI=1S/C32H51NO9/c1-6-16(3)27(37)41-26-24(36)23-17(14-33-13-15(2)7-8-21(33)29(23,5)38)18-12-30-25(31(18,26)39)19(34)11-20-28(30,4)10-9-22(35)32(20,40)42-30/h15-26,34-36,38-40H,6-14H2,1-5H3/t15-,16?,17-,18?,19+,20?,21?,22-,23?,24+,25?,26-,28-,29+,30-,31-,32-/m0/s1. The van der Waals surface area contributed by atoms with Crippen LogP contribution in [0.2, 0.25) is 0 Å². The van der Waals surface area contributed by atoms with E-state index >= 15 is 0 Å². The Hall–Kier alpha value is -0.850. The number of rotatable bonds is 3. The number of piperidine rings is 2. The highest BCUT2D eigenvalue weighted by molar-refractivity contribution is 5.72. The van der Waals surface area contributed by atoms with E-state index in [-0.39, 0.29) is 24.8 Å². The van der Waals surface area contributed by atoms with Crippen molar-refractivity contribution in [3.05, 3.63) is 0 Å². The quantitative estimate of drug-likeness (QED) is 0.258. The normalized spacial score (nSPS) is 60.6. The highest BCUT2D eigenvalue weighted by atomic mass is 16.7. The maximum absolute atomic E-state index is 13.4. The first-order valence-electron chi connectivity index (χ1n) is 16.4.